The van der Waals surface area contributed by atoms with Gasteiger partial charge in [0.25, 0.3) is 5.91 Å². The molecule has 196 valence electrons. The Bertz CT molecular complexity index is 1150. The van der Waals surface area contributed by atoms with Crippen LogP contribution in [0.25, 0.3) is 0 Å². The van der Waals surface area contributed by atoms with E-state index in [1.165, 1.54) is 17.1 Å². The van der Waals surface area contributed by atoms with Crippen LogP contribution in [0.2, 0.25) is 5.02 Å². The molecule has 1 saturated carbocycles. The molecule has 5 rings (SSSR count). The van der Waals surface area contributed by atoms with Gasteiger partial charge in [0, 0.05) is 49.1 Å². The van der Waals surface area contributed by atoms with Gasteiger partial charge >= 0.3 is 0 Å². The lowest BCUT2D eigenvalue weighted by molar-refractivity contribution is -0.145. The molecule has 0 unspecified atom stereocenters. The van der Waals surface area contributed by atoms with Crippen molar-refractivity contribution in [2.75, 3.05) is 45.9 Å². The second kappa shape index (κ2) is 11.7. The molecule has 0 radical (unpaired) electrons. The maximum Gasteiger partial charge on any atom is 0.262 e. The van der Waals surface area contributed by atoms with Crippen LogP contribution in [0.15, 0.2) is 53.6 Å². The molecular formula is C28H32ClFN4O3. The molecule has 37 heavy (non-hydrogen) atoms. The maximum atomic E-state index is 13.7. The molecule has 2 amide bonds. The van der Waals surface area contributed by atoms with Gasteiger partial charge in [0.2, 0.25) is 5.91 Å². The number of benzene rings is 2. The Morgan fingerprint density at radius 3 is 2.49 bits per heavy atom. The standard InChI is InChI=1S/C28H32ClFN4O3/c29-24-7-2-1-6-23(24)25-18-26(20-8-10-22(30)11-9-20)34(31-25)27(35)19-33(28(36)21-4-3-5-21)13-12-32-14-16-37-17-15-32/h1-2,6-11,21,26H,3-5,12-19H2/t26-/m1/s1. The minimum Gasteiger partial charge on any atom is -0.379 e. The molecule has 2 fully saturated rings. The van der Waals surface area contributed by atoms with Crippen LogP contribution in [-0.2, 0) is 14.3 Å². The Morgan fingerprint density at radius 1 is 1.08 bits per heavy atom. The van der Waals surface area contributed by atoms with Crippen molar-refractivity contribution in [3.05, 3.63) is 70.5 Å². The third-order valence-corrected chi connectivity index (χ3v) is 7.82. The summed E-state index contributed by atoms with van der Waals surface area (Å²) < 4.78 is 19.1. The first-order valence-corrected chi connectivity index (χ1v) is 13.4. The zero-order valence-electron chi connectivity index (χ0n) is 20.8. The predicted molar refractivity (Wildman–Crippen MR) is 140 cm³/mol. The molecule has 2 aliphatic heterocycles. The molecule has 0 bridgehead atoms. The zero-order chi connectivity index (χ0) is 25.8. The van der Waals surface area contributed by atoms with Crippen LogP contribution in [0.5, 0.6) is 0 Å². The number of rotatable bonds is 8. The third-order valence-electron chi connectivity index (χ3n) is 7.49. The van der Waals surface area contributed by atoms with E-state index in [4.69, 9.17) is 21.4 Å². The van der Waals surface area contributed by atoms with Crippen molar-refractivity contribution in [3.8, 4) is 0 Å². The number of carbonyl (C=O) groups is 2. The minimum absolute atomic E-state index is 0.00819. The fraction of sp³-hybridized carbons (Fsp3) is 0.464. The maximum absolute atomic E-state index is 13.7. The van der Waals surface area contributed by atoms with E-state index in [1.807, 2.05) is 18.2 Å². The van der Waals surface area contributed by atoms with Gasteiger partial charge in [0.05, 0.1) is 25.0 Å². The van der Waals surface area contributed by atoms with Crippen LogP contribution in [0, 0.1) is 11.7 Å². The lowest BCUT2D eigenvalue weighted by atomic mass is 9.84. The number of morpholine rings is 1. The summed E-state index contributed by atoms with van der Waals surface area (Å²) in [6.07, 6.45) is 3.24. The first-order valence-electron chi connectivity index (χ1n) is 13.0. The van der Waals surface area contributed by atoms with Gasteiger partial charge in [-0.3, -0.25) is 14.5 Å². The molecule has 0 aromatic heterocycles. The van der Waals surface area contributed by atoms with Crippen molar-refractivity contribution in [1.82, 2.24) is 14.8 Å². The first-order chi connectivity index (χ1) is 18.0. The number of halogens is 2. The van der Waals surface area contributed by atoms with Gasteiger partial charge in [-0.05, 0) is 36.6 Å². The van der Waals surface area contributed by atoms with E-state index >= 15 is 0 Å². The van der Waals surface area contributed by atoms with E-state index in [-0.39, 0.29) is 30.1 Å². The van der Waals surface area contributed by atoms with Gasteiger partial charge < -0.3 is 9.64 Å². The number of carbonyl (C=O) groups excluding carboxylic acids is 2. The van der Waals surface area contributed by atoms with Crippen molar-refractivity contribution in [1.29, 1.82) is 0 Å². The third kappa shape index (κ3) is 6.03. The van der Waals surface area contributed by atoms with Gasteiger partial charge in [0.1, 0.15) is 12.4 Å². The lowest BCUT2D eigenvalue weighted by Crippen LogP contribution is -2.49. The Labute approximate surface area is 221 Å². The van der Waals surface area contributed by atoms with Crippen LogP contribution in [0.1, 0.15) is 42.9 Å². The zero-order valence-corrected chi connectivity index (χ0v) is 21.6. The molecule has 1 atom stereocenters. The molecule has 2 aromatic rings. The summed E-state index contributed by atoms with van der Waals surface area (Å²) in [6.45, 7) is 4.15. The monoisotopic (exact) mass is 526 g/mol. The molecule has 2 aromatic carbocycles. The number of ether oxygens (including phenoxy) is 1. The highest BCUT2D eigenvalue weighted by molar-refractivity contribution is 6.34. The van der Waals surface area contributed by atoms with Crippen LogP contribution >= 0.6 is 11.6 Å². The summed E-state index contributed by atoms with van der Waals surface area (Å²) in [5, 5.41) is 6.71. The second-order valence-corrected chi connectivity index (χ2v) is 10.3. The van der Waals surface area contributed by atoms with Crippen LogP contribution in [0.4, 0.5) is 4.39 Å². The molecule has 3 aliphatic rings. The Morgan fingerprint density at radius 2 is 1.81 bits per heavy atom. The van der Waals surface area contributed by atoms with E-state index in [2.05, 4.69) is 4.90 Å². The van der Waals surface area contributed by atoms with Crippen molar-refractivity contribution >= 4 is 29.1 Å². The number of hydrogen-bond acceptors (Lipinski definition) is 5. The van der Waals surface area contributed by atoms with E-state index in [1.54, 1.807) is 23.1 Å². The highest BCUT2D eigenvalue weighted by Crippen LogP contribution is 2.35. The molecule has 0 spiro atoms. The average Bonchev–Trinajstić information content (AvgIpc) is 3.32. The SMILES string of the molecule is O=C(C1CCC1)N(CCN1CCOCC1)CC(=O)N1N=C(c2ccccc2Cl)C[C@@H]1c1ccc(F)cc1. The Hall–Kier alpha value is -2.81. The molecule has 1 saturated heterocycles. The number of hydrogen-bond donors (Lipinski definition) is 0. The highest BCUT2D eigenvalue weighted by atomic mass is 35.5. The largest absolute Gasteiger partial charge is 0.379 e. The van der Waals surface area contributed by atoms with E-state index < -0.39 is 6.04 Å². The summed E-state index contributed by atoms with van der Waals surface area (Å²) in [4.78, 5) is 31.0. The quantitative estimate of drug-likeness (QED) is 0.519. The number of nitrogens with zero attached hydrogens (tertiary/aromatic N) is 4. The smallest absolute Gasteiger partial charge is 0.262 e. The molecule has 9 heteroatoms. The van der Waals surface area contributed by atoms with E-state index in [0.717, 1.165) is 43.5 Å². The normalized spacial score (nSPS) is 20.4. The molecule has 7 nitrogen and oxygen atoms in total. The number of hydrazone groups is 1. The fourth-order valence-electron chi connectivity index (χ4n) is 5.05. The lowest BCUT2D eigenvalue weighted by Gasteiger charge is -2.34. The Balaban J connectivity index is 1.37. The molecule has 2 heterocycles. The van der Waals surface area contributed by atoms with Crippen molar-refractivity contribution in [2.24, 2.45) is 11.0 Å². The molecular weight excluding hydrogens is 495 g/mol. The fourth-order valence-corrected chi connectivity index (χ4v) is 5.29. The highest BCUT2D eigenvalue weighted by Gasteiger charge is 2.36. The van der Waals surface area contributed by atoms with Gasteiger partial charge in [-0.2, -0.15) is 5.10 Å². The molecule has 0 N–H and O–H groups in total. The second-order valence-electron chi connectivity index (χ2n) is 9.88. The van der Waals surface area contributed by atoms with Crippen LogP contribution in [0.3, 0.4) is 0 Å². The van der Waals surface area contributed by atoms with Gasteiger partial charge in [-0.1, -0.05) is 48.4 Å². The predicted octanol–water partition coefficient (Wildman–Crippen LogP) is 4.12. The first kappa shape index (κ1) is 25.8. The summed E-state index contributed by atoms with van der Waals surface area (Å²) in [7, 11) is 0. The Kier molecular flexibility index (Phi) is 8.17. The van der Waals surface area contributed by atoms with Crippen molar-refractivity contribution in [3.63, 3.8) is 0 Å². The minimum atomic E-state index is -0.403. The van der Waals surface area contributed by atoms with Crippen molar-refractivity contribution < 1.29 is 18.7 Å². The topological polar surface area (TPSA) is 65.5 Å². The summed E-state index contributed by atoms with van der Waals surface area (Å²) in [5.74, 6) is -0.565. The van der Waals surface area contributed by atoms with Gasteiger partial charge in [-0.15, -0.1) is 0 Å². The summed E-state index contributed by atoms with van der Waals surface area (Å²) in [5.41, 5.74) is 2.24. The average molecular weight is 527 g/mol. The van der Waals surface area contributed by atoms with Gasteiger partial charge in [0.15, 0.2) is 0 Å². The van der Waals surface area contributed by atoms with Gasteiger partial charge in [-0.25, -0.2) is 9.40 Å². The van der Waals surface area contributed by atoms with E-state index in [9.17, 15) is 14.0 Å². The molecule has 1 aliphatic carbocycles. The van der Waals surface area contributed by atoms with Crippen LogP contribution in [-0.4, -0.2) is 78.3 Å². The van der Waals surface area contributed by atoms with Crippen LogP contribution < -0.4 is 0 Å². The summed E-state index contributed by atoms with van der Waals surface area (Å²) in [6, 6.07) is 13.1. The summed E-state index contributed by atoms with van der Waals surface area (Å²) >= 11 is 6.44. The number of amides is 2. The van der Waals surface area contributed by atoms with E-state index in [0.29, 0.717) is 43.5 Å². The van der Waals surface area contributed by atoms with Crippen molar-refractivity contribution in [2.45, 2.75) is 31.7 Å².